The molecular formula is C24H21FN6O2. The van der Waals surface area contributed by atoms with Gasteiger partial charge in [0.2, 0.25) is 11.7 Å². The smallest absolute Gasteiger partial charge is 0.230 e. The highest BCUT2D eigenvalue weighted by Crippen LogP contribution is 2.40. The van der Waals surface area contributed by atoms with Gasteiger partial charge >= 0.3 is 0 Å². The summed E-state index contributed by atoms with van der Waals surface area (Å²) in [5.41, 5.74) is 4.78. The number of fused-ring (bicyclic) bond motifs is 1. The van der Waals surface area contributed by atoms with E-state index in [1.54, 1.807) is 18.5 Å². The number of nitrogens with one attached hydrogen (secondary N) is 1. The Morgan fingerprint density at radius 2 is 2.09 bits per heavy atom. The van der Waals surface area contributed by atoms with E-state index in [1.807, 2.05) is 29.7 Å². The number of H-pyrrole nitrogens is 1. The zero-order chi connectivity index (χ0) is 22.4. The molecule has 6 rings (SSSR count). The Bertz CT molecular complexity index is 1450. The van der Waals surface area contributed by atoms with E-state index in [1.165, 1.54) is 12.1 Å². The molecule has 166 valence electrons. The van der Waals surface area contributed by atoms with Crippen LogP contribution in [0.15, 0.2) is 53.4 Å². The van der Waals surface area contributed by atoms with Crippen LogP contribution in [0, 0.1) is 5.82 Å². The molecule has 1 aliphatic carbocycles. The van der Waals surface area contributed by atoms with Crippen LogP contribution in [0.2, 0.25) is 0 Å². The monoisotopic (exact) mass is 444 g/mol. The Hall–Kier alpha value is -4.01. The van der Waals surface area contributed by atoms with Crippen LogP contribution < -0.4 is 4.74 Å². The maximum atomic E-state index is 13.9. The first kappa shape index (κ1) is 19.7. The van der Waals surface area contributed by atoms with Gasteiger partial charge in [0, 0.05) is 34.9 Å². The van der Waals surface area contributed by atoms with Crippen LogP contribution >= 0.6 is 0 Å². The minimum Gasteiger partial charge on any atom is -0.493 e. The van der Waals surface area contributed by atoms with Crippen LogP contribution in [0.4, 0.5) is 4.39 Å². The standard InChI is InChI=1S/C24H21FN6O2/c1-2-9-32-20-10-16(25)6-7-17(20)22-18(11-27-29-22)15-5-8-21-26-12-19(31(21)13-15)23-28-24(33-30-23)14-3-4-14/h5-8,10-14H,2-4,9H2,1H3,(H,27,29). The van der Waals surface area contributed by atoms with Crippen molar-refractivity contribution in [2.45, 2.75) is 32.1 Å². The molecule has 1 saturated carbocycles. The Kier molecular flexibility index (Phi) is 4.67. The van der Waals surface area contributed by atoms with Crippen molar-refractivity contribution in [2.24, 2.45) is 0 Å². The third kappa shape index (κ3) is 3.55. The Morgan fingerprint density at radius 3 is 2.94 bits per heavy atom. The van der Waals surface area contributed by atoms with Crippen molar-refractivity contribution < 1.29 is 13.7 Å². The summed E-state index contributed by atoms with van der Waals surface area (Å²) in [6.45, 7) is 2.51. The second kappa shape index (κ2) is 7.84. The molecule has 0 unspecified atom stereocenters. The fraction of sp³-hybridized carbons (Fsp3) is 0.250. The highest BCUT2D eigenvalue weighted by atomic mass is 19.1. The van der Waals surface area contributed by atoms with Crippen LogP contribution in [-0.4, -0.2) is 36.3 Å². The van der Waals surface area contributed by atoms with Gasteiger partial charge in [-0.25, -0.2) is 9.37 Å². The number of aromatic nitrogens is 6. The van der Waals surface area contributed by atoms with Crippen LogP contribution in [0.3, 0.4) is 0 Å². The van der Waals surface area contributed by atoms with Crippen LogP contribution in [0.25, 0.3) is 39.5 Å². The maximum Gasteiger partial charge on any atom is 0.230 e. The second-order valence-electron chi connectivity index (χ2n) is 8.17. The van der Waals surface area contributed by atoms with Crippen molar-refractivity contribution in [1.82, 2.24) is 29.7 Å². The number of benzene rings is 1. The van der Waals surface area contributed by atoms with Crippen LogP contribution in [-0.2, 0) is 0 Å². The van der Waals surface area contributed by atoms with E-state index >= 15 is 0 Å². The molecule has 0 amide bonds. The van der Waals surface area contributed by atoms with Crippen molar-refractivity contribution in [3.63, 3.8) is 0 Å². The highest BCUT2D eigenvalue weighted by Gasteiger charge is 2.30. The average molecular weight is 444 g/mol. The van der Waals surface area contributed by atoms with Gasteiger partial charge in [-0.1, -0.05) is 12.1 Å². The van der Waals surface area contributed by atoms with Crippen molar-refractivity contribution >= 4 is 5.65 Å². The van der Waals surface area contributed by atoms with Crippen molar-refractivity contribution in [3.05, 3.63) is 60.6 Å². The van der Waals surface area contributed by atoms with Gasteiger partial charge in [-0.15, -0.1) is 0 Å². The van der Waals surface area contributed by atoms with Crippen LogP contribution in [0.5, 0.6) is 5.75 Å². The molecule has 1 aliphatic rings. The van der Waals surface area contributed by atoms with Gasteiger partial charge in [0.1, 0.15) is 22.9 Å². The van der Waals surface area contributed by atoms with E-state index in [4.69, 9.17) is 9.26 Å². The molecule has 0 bridgehead atoms. The molecule has 5 aromatic rings. The first-order chi connectivity index (χ1) is 16.2. The molecule has 1 fully saturated rings. The molecule has 1 aromatic carbocycles. The summed E-state index contributed by atoms with van der Waals surface area (Å²) >= 11 is 0. The number of hydrogen-bond acceptors (Lipinski definition) is 6. The fourth-order valence-corrected chi connectivity index (χ4v) is 3.89. The maximum absolute atomic E-state index is 13.9. The van der Waals surface area contributed by atoms with Crippen molar-refractivity contribution in [3.8, 4) is 39.7 Å². The molecular weight excluding hydrogens is 423 g/mol. The highest BCUT2D eigenvalue weighted by molar-refractivity contribution is 5.83. The molecule has 0 saturated heterocycles. The number of nitrogens with zero attached hydrogens (tertiary/aromatic N) is 5. The lowest BCUT2D eigenvalue weighted by Crippen LogP contribution is -1.98. The molecule has 0 aliphatic heterocycles. The van der Waals surface area contributed by atoms with Gasteiger partial charge in [0.15, 0.2) is 0 Å². The van der Waals surface area contributed by atoms with E-state index in [2.05, 4.69) is 25.3 Å². The zero-order valence-electron chi connectivity index (χ0n) is 18.0. The quantitative estimate of drug-likeness (QED) is 0.369. The van der Waals surface area contributed by atoms with Crippen LogP contribution in [0.1, 0.15) is 38.0 Å². The first-order valence-electron chi connectivity index (χ1n) is 11.0. The average Bonchev–Trinajstić information content (AvgIpc) is 3.22. The predicted octanol–water partition coefficient (Wildman–Crippen LogP) is 5.25. The van der Waals surface area contributed by atoms with Gasteiger partial charge in [0.05, 0.1) is 24.7 Å². The van der Waals surface area contributed by atoms with Gasteiger partial charge in [-0.05, 0) is 43.5 Å². The third-order valence-corrected chi connectivity index (χ3v) is 5.73. The Labute approximate surface area is 188 Å². The molecule has 4 heterocycles. The van der Waals surface area contributed by atoms with E-state index in [0.717, 1.165) is 53.0 Å². The van der Waals surface area contributed by atoms with E-state index in [0.29, 0.717) is 30.0 Å². The molecule has 4 aromatic heterocycles. The summed E-state index contributed by atoms with van der Waals surface area (Å²) in [7, 11) is 0. The number of halogens is 1. The summed E-state index contributed by atoms with van der Waals surface area (Å²) in [6.07, 6.45) is 8.47. The lowest BCUT2D eigenvalue weighted by molar-refractivity contribution is 0.317. The summed E-state index contributed by atoms with van der Waals surface area (Å²) in [4.78, 5) is 9.04. The number of imidazole rings is 1. The lowest BCUT2D eigenvalue weighted by atomic mass is 10.0. The van der Waals surface area contributed by atoms with Gasteiger partial charge in [0.25, 0.3) is 0 Å². The van der Waals surface area contributed by atoms with Crippen molar-refractivity contribution in [1.29, 1.82) is 0 Å². The minimum absolute atomic E-state index is 0.346. The normalized spacial score (nSPS) is 13.6. The molecule has 0 spiro atoms. The summed E-state index contributed by atoms with van der Waals surface area (Å²) in [5.74, 6) is 1.72. The molecule has 33 heavy (non-hydrogen) atoms. The summed E-state index contributed by atoms with van der Waals surface area (Å²) in [6, 6.07) is 8.43. The Balaban J connectivity index is 1.42. The first-order valence-corrected chi connectivity index (χ1v) is 11.0. The molecule has 8 nitrogen and oxygen atoms in total. The Morgan fingerprint density at radius 1 is 1.18 bits per heavy atom. The van der Waals surface area contributed by atoms with Gasteiger partial charge < -0.3 is 9.26 Å². The lowest BCUT2D eigenvalue weighted by Gasteiger charge is -2.12. The van der Waals surface area contributed by atoms with Crippen molar-refractivity contribution in [2.75, 3.05) is 6.61 Å². The van der Waals surface area contributed by atoms with Gasteiger partial charge in [-0.3, -0.25) is 9.50 Å². The third-order valence-electron chi connectivity index (χ3n) is 5.73. The van der Waals surface area contributed by atoms with E-state index in [9.17, 15) is 4.39 Å². The molecule has 0 radical (unpaired) electrons. The van der Waals surface area contributed by atoms with E-state index in [-0.39, 0.29) is 5.82 Å². The molecule has 0 atom stereocenters. The number of rotatable bonds is 7. The van der Waals surface area contributed by atoms with Gasteiger partial charge in [-0.2, -0.15) is 10.1 Å². The number of aromatic amines is 1. The SMILES string of the molecule is CCCOc1cc(F)ccc1-c1[nH]ncc1-c1ccc2ncc(-c3noc(C4CC4)n3)n2c1. The van der Waals surface area contributed by atoms with E-state index < -0.39 is 0 Å². The molecule has 1 N–H and O–H groups in total. The molecule has 9 heteroatoms. The fourth-order valence-electron chi connectivity index (χ4n) is 3.89. The minimum atomic E-state index is -0.346. The number of hydrogen-bond donors (Lipinski definition) is 1. The summed E-state index contributed by atoms with van der Waals surface area (Å²) in [5, 5.41) is 11.5. The topological polar surface area (TPSA) is 94.1 Å². The second-order valence-corrected chi connectivity index (χ2v) is 8.17. The summed E-state index contributed by atoms with van der Waals surface area (Å²) < 4.78 is 27.1. The predicted molar refractivity (Wildman–Crippen MR) is 119 cm³/mol. The number of pyridine rings is 1. The largest absolute Gasteiger partial charge is 0.493 e. The zero-order valence-corrected chi connectivity index (χ0v) is 18.0. The number of ether oxygens (including phenoxy) is 1.